The van der Waals surface area contributed by atoms with E-state index in [1.165, 1.54) is 0 Å². The average molecular weight is 227 g/mol. The van der Waals surface area contributed by atoms with E-state index < -0.39 is 5.53 Å². The van der Waals surface area contributed by atoms with E-state index in [9.17, 15) is 4.57 Å². The van der Waals surface area contributed by atoms with E-state index in [2.05, 4.69) is 4.98 Å². The Kier molecular flexibility index (Phi) is 4.82. The van der Waals surface area contributed by atoms with Gasteiger partial charge in [0.1, 0.15) is 5.69 Å². The fourth-order valence-corrected chi connectivity index (χ4v) is 1.82. The van der Waals surface area contributed by atoms with E-state index in [0.29, 0.717) is 18.9 Å². The SMILES string of the molecule is CCOC(OCC)(P=O)c1ccccn1. The fraction of sp³-hybridized carbons (Fsp3) is 0.500. The van der Waals surface area contributed by atoms with Crippen LogP contribution in [0, 0.1) is 0 Å². The third kappa shape index (κ3) is 2.81. The van der Waals surface area contributed by atoms with Crippen molar-refractivity contribution in [3.05, 3.63) is 30.1 Å². The number of ether oxygens (including phenoxy) is 2. The van der Waals surface area contributed by atoms with Crippen molar-refractivity contribution in [3.8, 4) is 0 Å². The smallest absolute Gasteiger partial charge is 0.296 e. The van der Waals surface area contributed by atoms with Crippen molar-refractivity contribution >= 4 is 8.46 Å². The predicted octanol–water partition coefficient (Wildman–Crippen LogP) is 2.56. The third-order valence-corrected chi connectivity index (χ3v) is 2.52. The van der Waals surface area contributed by atoms with Crippen LogP contribution in [-0.2, 0) is 19.6 Å². The first-order valence-corrected chi connectivity index (χ1v) is 5.64. The highest BCUT2D eigenvalue weighted by Gasteiger charge is 2.36. The Balaban J connectivity index is 3.03. The number of aromatic nitrogens is 1. The summed E-state index contributed by atoms with van der Waals surface area (Å²) < 4.78 is 22.0. The molecule has 0 unspecified atom stereocenters. The molecule has 0 saturated heterocycles. The van der Waals surface area contributed by atoms with Gasteiger partial charge in [0.15, 0.2) is 0 Å². The maximum Gasteiger partial charge on any atom is 0.296 e. The van der Waals surface area contributed by atoms with Crippen LogP contribution in [0.25, 0.3) is 0 Å². The summed E-state index contributed by atoms with van der Waals surface area (Å²) in [5, 5.41) is 0. The molecule has 0 saturated carbocycles. The second kappa shape index (κ2) is 5.91. The Morgan fingerprint density at radius 2 is 2.00 bits per heavy atom. The molecule has 1 aromatic rings. The zero-order chi connectivity index (χ0) is 11.1. The molecule has 82 valence electrons. The molecule has 1 aromatic heterocycles. The number of hydrogen-bond donors (Lipinski definition) is 0. The summed E-state index contributed by atoms with van der Waals surface area (Å²) in [5.74, 6) is 0. The summed E-state index contributed by atoms with van der Waals surface area (Å²) in [5.41, 5.74) is -0.740. The second-order valence-electron chi connectivity index (χ2n) is 2.75. The standard InChI is InChI=1S/C10H14NO3P/c1-3-13-10(15-12,14-4-2)9-7-5-6-8-11-9/h5-8H,3-4H2,1-2H3. The number of hydrogen-bond acceptors (Lipinski definition) is 4. The van der Waals surface area contributed by atoms with Crippen LogP contribution in [-0.4, -0.2) is 18.2 Å². The van der Waals surface area contributed by atoms with E-state index in [1.807, 2.05) is 13.8 Å². The number of nitrogens with zero attached hydrogens (tertiary/aromatic N) is 1. The zero-order valence-corrected chi connectivity index (χ0v) is 9.74. The maximum absolute atomic E-state index is 11.2. The summed E-state index contributed by atoms with van der Waals surface area (Å²) >= 11 is 0. The molecule has 0 atom stereocenters. The topological polar surface area (TPSA) is 48.4 Å². The van der Waals surface area contributed by atoms with Gasteiger partial charge in [0.2, 0.25) is 8.46 Å². The van der Waals surface area contributed by atoms with E-state index in [-0.39, 0.29) is 8.46 Å². The molecule has 0 aliphatic rings. The normalized spacial score (nSPS) is 11.9. The zero-order valence-electron chi connectivity index (χ0n) is 8.84. The molecule has 1 rings (SSSR count). The van der Waals surface area contributed by atoms with Gasteiger partial charge in [-0.1, -0.05) is 6.07 Å². The van der Waals surface area contributed by atoms with Crippen molar-refractivity contribution in [1.29, 1.82) is 0 Å². The highest BCUT2D eigenvalue weighted by atomic mass is 31.1. The van der Waals surface area contributed by atoms with Crippen LogP contribution < -0.4 is 0 Å². The summed E-state index contributed by atoms with van der Waals surface area (Å²) in [6.07, 6.45) is 1.62. The predicted molar refractivity (Wildman–Crippen MR) is 56.8 cm³/mol. The number of pyridine rings is 1. The van der Waals surface area contributed by atoms with Gasteiger partial charge in [-0.2, -0.15) is 0 Å². The van der Waals surface area contributed by atoms with Crippen LogP contribution in [0.2, 0.25) is 0 Å². The lowest BCUT2D eigenvalue weighted by Crippen LogP contribution is -2.28. The Hall–Kier alpha value is -0.830. The van der Waals surface area contributed by atoms with Gasteiger partial charge < -0.3 is 9.47 Å². The molecule has 15 heavy (non-hydrogen) atoms. The van der Waals surface area contributed by atoms with Crippen molar-refractivity contribution in [2.24, 2.45) is 0 Å². The second-order valence-corrected chi connectivity index (χ2v) is 3.53. The molecule has 0 spiro atoms. The largest absolute Gasteiger partial charge is 0.336 e. The molecule has 0 aromatic carbocycles. The van der Waals surface area contributed by atoms with Crippen LogP contribution in [0.3, 0.4) is 0 Å². The monoisotopic (exact) mass is 227 g/mol. The molecule has 0 N–H and O–H groups in total. The Morgan fingerprint density at radius 1 is 1.33 bits per heavy atom. The summed E-state index contributed by atoms with van der Waals surface area (Å²) in [7, 11) is -0.242. The summed E-state index contributed by atoms with van der Waals surface area (Å²) in [6.45, 7) is 4.46. The molecule has 0 bridgehead atoms. The van der Waals surface area contributed by atoms with Gasteiger partial charge in [-0.15, -0.1) is 0 Å². The lowest BCUT2D eigenvalue weighted by atomic mass is 10.3. The Bertz CT molecular complexity index is 299. The quantitative estimate of drug-likeness (QED) is 0.553. The van der Waals surface area contributed by atoms with Gasteiger partial charge in [-0.3, -0.25) is 9.55 Å². The highest BCUT2D eigenvalue weighted by molar-refractivity contribution is 7.24. The molecule has 0 aliphatic heterocycles. The minimum atomic E-state index is -1.26. The molecular weight excluding hydrogens is 213 g/mol. The molecule has 0 aliphatic carbocycles. The van der Waals surface area contributed by atoms with E-state index >= 15 is 0 Å². The molecular formula is C10H14NO3P. The fourth-order valence-electron chi connectivity index (χ4n) is 1.23. The van der Waals surface area contributed by atoms with Crippen molar-refractivity contribution in [3.63, 3.8) is 0 Å². The molecule has 4 nitrogen and oxygen atoms in total. The van der Waals surface area contributed by atoms with Crippen LogP contribution >= 0.6 is 8.46 Å². The van der Waals surface area contributed by atoms with Crippen molar-refractivity contribution < 1.29 is 14.0 Å². The molecule has 5 heteroatoms. The van der Waals surface area contributed by atoms with Crippen LogP contribution in [0.4, 0.5) is 0 Å². The average Bonchev–Trinajstić information content (AvgIpc) is 2.30. The molecule has 0 amide bonds. The van der Waals surface area contributed by atoms with E-state index in [4.69, 9.17) is 9.47 Å². The van der Waals surface area contributed by atoms with Gasteiger partial charge in [-0.25, -0.2) is 0 Å². The minimum absolute atomic E-state index is 0.242. The molecule has 0 radical (unpaired) electrons. The van der Waals surface area contributed by atoms with Crippen molar-refractivity contribution in [1.82, 2.24) is 4.98 Å². The van der Waals surface area contributed by atoms with E-state index in [0.717, 1.165) is 0 Å². The number of rotatable bonds is 6. The highest BCUT2D eigenvalue weighted by Crippen LogP contribution is 2.36. The molecule has 0 fully saturated rings. The van der Waals surface area contributed by atoms with Crippen LogP contribution in [0.5, 0.6) is 0 Å². The maximum atomic E-state index is 11.2. The summed E-state index contributed by atoms with van der Waals surface area (Å²) in [6, 6.07) is 5.32. The van der Waals surface area contributed by atoms with Crippen LogP contribution in [0.15, 0.2) is 24.4 Å². The van der Waals surface area contributed by atoms with Crippen LogP contribution in [0.1, 0.15) is 19.5 Å². The lowest BCUT2D eigenvalue weighted by molar-refractivity contribution is -0.179. The molecule has 1 heterocycles. The van der Waals surface area contributed by atoms with Crippen molar-refractivity contribution in [2.45, 2.75) is 19.4 Å². The first-order valence-electron chi connectivity index (χ1n) is 4.83. The Morgan fingerprint density at radius 3 is 2.40 bits per heavy atom. The van der Waals surface area contributed by atoms with Gasteiger partial charge in [-0.05, 0) is 26.0 Å². The first kappa shape index (κ1) is 12.2. The lowest BCUT2D eigenvalue weighted by Gasteiger charge is -2.25. The Labute approximate surface area is 90.8 Å². The summed E-state index contributed by atoms with van der Waals surface area (Å²) in [4.78, 5) is 4.10. The van der Waals surface area contributed by atoms with E-state index in [1.54, 1.807) is 24.4 Å². The van der Waals surface area contributed by atoms with Gasteiger partial charge in [0.05, 0.1) is 0 Å². The van der Waals surface area contributed by atoms with Crippen molar-refractivity contribution in [2.75, 3.05) is 13.2 Å². The van der Waals surface area contributed by atoms with Gasteiger partial charge >= 0.3 is 0 Å². The van der Waals surface area contributed by atoms with Gasteiger partial charge in [0.25, 0.3) is 5.53 Å². The minimum Gasteiger partial charge on any atom is -0.336 e. The van der Waals surface area contributed by atoms with Gasteiger partial charge in [0, 0.05) is 19.4 Å². The third-order valence-electron chi connectivity index (χ3n) is 1.79. The first-order chi connectivity index (χ1) is 7.29.